The summed E-state index contributed by atoms with van der Waals surface area (Å²) in [6.07, 6.45) is -5.11. The van der Waals surface area contributed by atoms with Gasteiger partial charge in [-0.15, -0.1) is 0 Å². The summed E-state index contributed by atoms with van der Waals surface area (Å²) in [7, 11) is 2.74. The van der Waals surface area contributed by atoms with Gasteiger partial charge in [0.25, 0.3) is 11.9 Å². The second-order valence-corrected chi connectivity index (χ2v) is 7.62. The van der Waals surface area contributed by atoms with Gasteiger partial charge < -0.3 is 54.3 Å². The molecule has 0 aliphatic carbocycles. The molecule has 178 valence electrons. The van der Waals surface area contributed by atoms with Crippen LogP contribution in [0, 0.1) is 0 Å². The highest BCUT2D eigenvalue weighted by molar-refractivity contribution is 5.69. The molecule has 4 rings (SSSR count). The minimum atomic E-state index is -1.56. The van der Waals surface area contributed by atoms with Crippen LogP contribution in [0.2, 0.25) is 0 Å². The molecule has 0 saturated carbocycles. The van der Waals surface area contributed by atoms with Gasteiger partial charge >= 0.3 is 0 Å². The molecule has 0 bridgehead atoms. The Kier molecular flexibility index (Phi) is 6.13. The van der Waals surface area contributed by atoms with Gasteiger partial charge in [0.2, 0.25) is 12.0 Å². The summed E-state index contributed by atoms with van der Waals surface area (Å²) in [5.74, 6) is -0.0793. The van der Waals surface area contributed by atoms with Crippen molar-refractivity contribution in [1.29, 1.82) is 0 Å². The molecule has 2 aromatic carbocycles. The van der Waals surface area contributed by atoms with Crippen LogP contribution in [0.1, 0.15) is 17.2 Å². The molecule has 0 amide bonds. The number of fused-ring (bicyclic) bond motifs is 1. The van der Waals surface area contributed by atoms with E-state index in [0.717, 1.165) is 6.07 Å². The summed E-state index contributed by atoms with van der Waals surface area (Å²) in [4.78, 5) is 0. The number of phenols is 3. The van der Waals surface area contributed by atoms with E-state index in [1.807, 2.05) is 0 Å². The van der Waals surface area contributed by atoms with Crippen LogP contribution in [0.5, 0.6) is 34.5 Å². The number of aliphatic hydroxyl groups excluding tert-OH is 3. The maximum atomic E-state index is 10.3. The van der Waals surface area contributed by atoms with Crippen molar-refractivity contribution in [3.8, 4) is 34.5 Å². The van der Waals surface area contributed by atoms with Crippen molar-refractivity contribution in [3.05, 3.63) is 41.2 Å². The first-order chi connectivity index (χ1) is 15.7. The highest BCUT2D eigenvalue weighted by atomic mass is 16.7. The van der Waals surface area contributed by atoms with Crippen molar-refractivity contribution in [3.63, 3.8) is 0 Å². The second-order valence-electron chi connectivity index (χ2n) is 7.62. The van der Waals surface area contributed by atoms with Crippen molar-refractivity contribution < 1.29 is 54.3 Å². The van der Waals surface area contributed by atoms with Gasteiger partial charge in [-0.05, 0) is 12.1 Å². The van der Waals surface area contributed by atoms with Crippen LogP contribution in [0.25, 0.3) is 6.08 Å². The number of ether oxygens (including phenoxy) is 5. The molecule has 2 aromatic rings. The molecule has 2 heterocycles. The Bertz CT molecular complexity index is 1040. The van der Waals surface area contributed by atoms with Crippen LogP contribution >= 0.6 is 0 Å². The average Bonchev–Trinajstić information content (AvgIpc) is 2.79. The summed E-state index contributed by atoms with van der Waals surface area (Å²) in [6.45, 7) is -0.269. The van der Waals surface area contributed by atoms with Gasteiger partial charge in [-0.3, -0.25) is 0 Å². The molecule has 2 aliphatic rings. The third-order valence-electron chi connectivity index (χ3n) is 5.47. The van der Waals surface area contributed by atoms with Crippen LogP contribution in [0.15, 0.2) is 30.0 Å². The normalized spacial score (nSPS) is 26.6. The van der Waals surface area contributed by atoms with Crippen LogP contribution in [-0.2, 0) is 9.47 Å². The fourth-order valence-corrected chi connectivity index (χ4v) is 3.71. The van der Waals surface area contributed by atoms with Gasteiger partial charge in [-0.2, -0.15) is 0 Å². The van der Waals surface area contributed by atoms with Crippen LogP contribution < -0.4 is 9.47 Å². The molecular weight excluding hydrogens is 440 g/mol. The van der Waals surface area contributed by atoms with E-state index in [2.05, 4.69) is 4.74 Å². The molecule has 7 N–H and O–H groups in total. The summed E-state index contributed by atoms with van der Waals surface area (Å²) >= 11 is 0. The number of rotatable bonds is 5. The van der Waals surface area contributed by atoms with E-state index in [4.69, 9.17) is 18.9 Å². The first kappa shape index (κ1) is 22.8. The average molecular weight is 465 g/mol. The SMILES string of the molecule is COc1cc(C2[OH+]c3cc(O)cc(O)c3C=C2O[C@H]2OC[C@H](O)[C@H](O)[C@H]2O)cc(OC)c1O. The van der Waals surface area contributed by atoms with E-state index in [1.165, 1.54) is 38.5 Å². The second kappa shape index (κ2) is 8.87. The molecule has 1 fully saturated rings. The molecule has 11 heteroatoms. The zero-order chi connectivity index (χ0) is 23.9. The molecule has 1 unspecified atom stereocenters. The monoisotopic (exact) mass is 465 g/mol. The highest BCUT2D eigenvalue weighted by Gasteiger charge is 2.42. The fraction of sp³-hybridized carbons (Fsp3) is 0.364. The van der Waals surface area contributed by atoms with Crippen molar-refractivity contribution in [2.75, 3.05) is 20.8 Å². The fourth-order valence-electron chi connectivity index (χ4n) is 3.71. The minimum absolute atomic E-state index is 0.107. The molecule has 0 aromatic heterocycles. The van der Waals surface area contributed by atoms with Crippen molar-refractivity contribution in [2.24, 2.45) is 0 Å². The number of phenolic OH excluding ortho intramolecular Hbond substituents is 3. The van der Waals surface area contributed by atoms with Crippen LogP contribution in [-0.4, -0.2) is 80.8 Å². The van der Waals surface area contributed by atoms with E-state index in [1.54, 1.807) is 0 Å². The third-order valence-corrected chi connectivity index (χ3v) is 5.47. The first-order valence-electron chi connectivity index (χ1n) is 9.99. The Labute approximate surface area is 188 Å². The van der Waals surface area contributed by atoms with E-state index >= 15 is 0 Å². The number of aliphatic hydroxyl groups is 4. The Hall–Kier alpha value is -3.38. The number of methoxy groups -OCH3 is 2. The minimum Gasteiger partial charge on any atom is -0.571 e. The Balaban J connectivity index is 1.78. The van der Waals surface area contributed by atoms with Crippen molar-refractivity contribution in [1.82, 2.24) is 0 Å². The Morgan fingerprint density at radius 1 is 0.939 bits per heavy atom. The number of hydrogen-bond donors (Lipinski definition) is 6. The van der Waals surface area contributed by atoms with Crippen molar-refractivity contribution in [2.45, 2.75) is 30.7 Å². The zero-order valence-electron chi connectivity index (χ0n) is 17.7. The van der Waals surface area contributed by atoms with E-state index in [0.29, 0.717) is 5.56 Å². The number of aromatic hydroxyl groups is 4. The largest absolute Gasteiger partial charge is 0.571 e. The predicted octanol–water partition coefficient (Wildman–Crippen LogP) is 0.613. The Morgan fingerprint density at radius 3 is 2.24 bits per heavy atom. The third kappa shape index (κ3) is 4.18. The molecule has 2 aliphatic heterocycles. The van der Waals surface area contributed by atoms with Gasteiger partial charge in [0.15, 0.2) is 17.3 Å². The van der Waals surface area contributed by atoms with E-state index in [-0.39, 0.29) is 52.4 Å². The predicted molar refractivity (Wildman–Crippen MR) is 112 cm³/mol. The highest BCUT2D eigenvalue weighted by Crippen LogP contribution is 2.47. The quantitative estimate of drug-likeness (QED) is 0.344. The van der Waals surface area contributed by atoms with E-state index < -0.39 is 30.7 Å². The molecule has 1 saturated heterocycles. The summed E-state index contributed by atoms with van der Waals surface area (Å²) in [6, 6.07) is 5.51. The molecule has 5 atom stereocenters. The maximum Gasteiger partial charge on any atom is 0.270 e. The van der Waals surface area contributed by atoms with Gasteiger partial charge in [0.05, 0.1) is 32.5 Å². The standard InChI is InChI=1S/C22H24O11/c1-29-15-3-9(4-16(30-2)19(15)27)21-17(33-22-20(28)18(26)13(25)8-31-22)7-11-12(24)5-10(23)6-14(11)32-21/h3-7,13,18,20-28H,8H2,1-2H3/p+1/t13-,18-,20+,21?,22+/m0/s1. The number of benzene rings is 2. The van der Waals surface area contributed by atoms with E-state index in [9.17, 15) is 30.6 Å². The number of hydrogen-bond acceptors (Lipinski definition) is 10. The lowest BCUT2D eigenvalue weighted by Crippen LogP contribution is -2.53. The molecular formula is C22H25O11+. The summed E-state index contributed by atoms with van der Waals surface area (Å²) in [5, 5.41) is 60.5. The van der Waals surface area contributed by atoms with Crippen molar-refractivity contribution >= 4 is 6.08 Å². The smallest absolute Gasteiger partial charge is 0.270 e. The Morgan fingerprint density at radius 2 is 1.61 bits per heavy atom. The zero-order valence-corrected chi connectivity index (χ0v) is 17.7. The van der Waals surface area contributed by atoms with Gasteiger partial charge in [0.1, 0.15) is 35.4 Å². The van der Waals surface area contributed by atoms with Gasteiger partial charge in [-0.1, -0.05) is 0 Å². The maximum absolute atomic E-state index is 10.3. The lowest BCUT2D eigenvalue weighted by Gasteiger charge is -2.36. The molecule has 0 spiro atoms. The molecule has 33 heavy (non-hydrogen) atoms. The lowest BCUT2D eigenvalue weighted by atomic mass is 10.00. The first-order valence-corrected chi connectivity index (χ1v) is 9.99. The molecule has 0 radical (unpaired) electrons. The lowest BCUT2D eigenvalue weighted by molar-refractivity contribution is -0.263. The van der Waals surface area contributed by atoms with Gasteiger partial charge in [-0.25, -0.2) is 0 Å². The topological polar surface area (TPSA) is 171 Å². The van der Waals surface area contributed by atoms with Gasteiger partial charge in [0, 0.05) is 12.1 Å². The summed E-state index contributed by atoms with van der Waals surface area (Å²) in [5.41, 5.74) is 0.703. The van der Waals surface area contributed by atoms with Crippen LogP contribution in [0.3, 0.4) is 0 Å². The molecule has 11 nitrogen and oxygen atoms in total. The summed E-state index contributed by atoms with van der Waals surface area (Å²) < 4.78 is 26.2. The van der Waals surface area contributed by atoms with Crippen LogP contribution in [0.4, 0.5) is 0 Å².